The van der Waals surface area contributed by atoms with Gasteiger partial charge in [-0.25, -0.2) is 0 Å². The van der Waals surface area contributed by atoms with Gasteiger partial charge in [-0.1, -0.05) is 0 Å². The summed E-state index contributed by atoms with van der Waals surface area (Å²) in [6, 6.07) is 0. The molecule has 0 aromatic carbocycles. The fourth-order valence-corrected chi connectivity index (χ4v) is 0.356. The molecule has 0 unspecified atom stereocenters. The Balaban J connectivity index is 2.28. The van der Waals surface area contributed by atoms with E-state index in [1.165, 1.54) is 0 Å². The molecule has 1 rings (SSSR count). The van der Waals surface area contributed by atoms with E-state index in [0.29, 0.717) is 0 Å². The second-order valence-electron chi connectivity index (χ2n) is 1.44. The zero-order valence-electron chi connectivity index (χ0n) is 3.43. The van der Waals surface area contributed by atoms with Crippen LogP contribution < -0.4 is 0 Å². The summed E-state index contributed by atoms with van der Waals surface area (Å²) in [4.78, 5) is 10.0. The van der Waals surface area contributed by atoms with E-state index in [2.05, 4.69) is 9.78 Å². The molecule has 0 aromatic heterocycles. The van der Waals surface area contributed by atoms with Crippen molar-refractivity contribution in [3.05, 3.63) is 0 Å². The molecule has 3 heteroatoms. The quantitative estimate of drug-likeness (QED) is 0.326. The third kappa shape index (κ3) is 0.810. The second-order valence-corrected chi connectivity index (χ2v) is 2.15. The summed E-state index contributed by atoms with van der Waals surface area (Å²) in [6.07, 6.45) is 0. The van der Waals surface area contributed by atoms with Crippen molar-refractivity contribution in [1.29, 1.82) is 0 Å². The van der Waals surface area contributed by atoms with Crippen molar-refractivity contribution in [3.8, 4) is 0 Å². The van der Waals surface area contributed by atoms with Crippen molar-refractivity contribution < 1.29 is 29.6 Å². The van der Waals surface area contributed by atoms with Gasteiger partial charge in [0.15, 0.2) is 0 Å². The molecular formula is C3H5MoO2. The van der Waals surface area contributed by atoms with E-state index in [4.69, 9.17) is 0 Å². The van der Waals surface area contributed by atoms with Gasteiger partial charge >= 0.3 is 47.1 Å². The van der Waals surface area contributed by atoms with Crippen LogP contribution in [0, 0.1) is 0 Å². The second kappa shape index (κ2) is 1.29. The predicted molar refractivity (Wildman–Crippen MR) is 15.4 cm³/mol. The Morgan fingerprint density at radius 2 is 2.17 bits per heavy atom. The zero-order valence-corrected chi connectivity index (χ0v) is 5.44. The molecule has 0 saturated carbocycles. The van der Waals surface area contributed by atoms with E-state index >= 15 is 0 Å². The van der Waals surface area contributed by atoms with E-state index in [0.717, 1.165) is 4.81 Å². The zero-order chi connectivity index (χ0) is 4.62. The Kier molecular flexibility index (Phi) is 1.02. The molecule has 1 heterocycles. The molecule has 0 spiro atoms. The molecule has 0 aromatic rings. The molecule has 1 aliphatic rings. The first-order valence-electron chi connectivity index (χ1n) is 1.72. The Morgan fingerprint density at radius 3 is 2.17 bits per heavy atom. The first-order valence-corrected chi connectivity index (χ1v) is 3.14. The minimum absolute atomic E-state index is 0.204. The van der Waals surface area contributed by atoms with Crippen LogP contribution in [0.3, 0.4) is 0 Å². The molecule has 0 radical (unpaired) electrons. The van der Waals surface area contributed by atoms with Crippen molar-refractivity contribution in [2.24, 2.45) is 0 Å². The molecule has 1 aliphatic heterocycles. The van der Waals surface area contributed by atoms with Gasteiger partial charge in [0.25, 0.3) is 0 Å². The predicted octanol–water partition coefficient (Wildman–Crippen LogP) is 0.629. The summed E-state index contributed by atoms with van der Waals surface area (Å²) >= 11 is 1.96. The summed E-state index contributed by atoms with van der Waals surface area (Å²) in [5.41, 5.74) is 0. The first-order chi connectivity index (χ1) is 2.77. The molecule has 1 fully saturated rings. The number of hydrogen-bond donors (Lipinski definition) is 0. The van der Waals surface area contributed by atoms with Crippen molar-refractivity contribution >= 4 is 0 Å². The van der Waals surface area contributed by atoms with Gasteiger partial charge in [0.1, 0.15) is 0 Å². The Bertz CT molecular complexity index is 59.8. The SMILES string of the molecule is CC1([CH2][Mo])OO1. The van der Waals surface area contributed by atoms with Crippen LogP contribution in [0.2, 0.25) is 4.81 Å². The third-order valence-corrected chi connectivity index (χ3v) is 1.92. The van der Waals surface area contributed by atoms with Crippen LogP contribution in [0.5, 0.6) is 0 Å². The van der Waals surface area contributed by atoms with Crippen LogP contribution in [-0.2, 0) is 29.6 Å². The first kappa shape index (κ1) is 4.76. The van der Waals surface area contributed by atoms with Gasteiger partial charge in [0.05, 0.1) is 0 Å². The van der Waals surface area contributed by atoms with E-state index in [1.54, 1.807) is 0 Å². The van der Waals surface area contributed by atoms with E-state index in [-0.39, 0.29) is 5.79 Å². The van der Waals surface area contributed by atoms with Crippen LogP contribution in [-0.4, -0.2) is 5.79 Å². The minimum atomic E-state index is -0.204. The van der Waals surface area contributed by atoms with Gasteiger partial charge in [0.2, 0.25) is 0 Å². The number of rotatable bonds is 1. The molecule has 35 valence electrons. The molecule has 0 atom stereocenters. The van der Waals surface area contributed by atoms with Gasteiger partial charge in [-0.3, -0.25) is 0 Å². The summed E-state index contributed by atoms with van der Waals surface area (Å²) in [5, 5.41) is 0. The maximum absolute atomic E-state index is 4.55. The van der Waals surface area contributed by atoms with Crippen LogP contribution in [0.1, 0.15) is 6.92 Å². The molecule has 0 bridgehead atoms. The fourth-order valence-electron chi connectivity index (χ4n) is 0.119. The molecule has 2 nitrogen and oxygen atoms in total. The molecular weight excluding hydrogens is 164 g/mol. The average molecular weight is 169 g/mol. The van der Waals surface area contributed by atoms with Crippen LogP contribution in [0.4, 0.5) is 0 Å². The van der Waals surface area contributed by atoms with Crippen molar-refractivity contribution in [3.63, 3.8) is 0 Å². The summed E-state index contributed by atoms with van der Waals surface area (Å²) < 4.78 is 0. The Labute approximate surface area is 47.6 Å². The summed E-state index contributed by atoms with van der Waals surface area (Å²) in [6.45, 7) is 1.91. The van der Waals surface area contributed by atoms with Gasteiger partial charge in [-0.05, 0) is 0 Å². The van der Waals surface area contributed by atoms with E-state index < -0.39 is 0 Å². The normalized spacial score (nSPS) is 26.8. The van der Waals surface area contributed by atoms with Crippen LogP contribution in [0.15, 0.2) is 0 Å². The van der Waals surface area contributed by atoms with Crippen LogP contribution >= 0.6 is 0 Å². The van der Waals surface area contributed by atoms with Crippen molar-refractivity contribution in [2.45, 2.75) is 17.5 Å². The molecule has 1 saturated heterocycles. The molecule has 0 amide bonds. The summed E-state index contributed by atoms with van der Waals surface area (Å²) in [7, 11) is 0. The Hall–Kier alpha value is 0.608. The monoisotopic (exact) mass is 171 g/mol. The average Bonchev–Trinajstić information content (AvgIpc) is 2.22. The molecule has 0 aliphatic carbocycles. The van der Waals surface area contributed by atoms with Gasteiger partial charge < -0.3 is 0 Å². The third-order valence-electron chi connectivity index (χ3n) is 0.630. The standard InChI is InChI=1S/C3H5O2.Mo/c1-3(2)4-5-3;/h1H2,2H3;. The van der Waals surface area contributed by atoms with Crippen molar-refractivity contribution in [2.75, 3.05) is 0 Å². The van der Waals surface area contributed by atoms with Crippen molar-refractivity contribution in [1.82, 2.24) is 0 Å². The fraction of sp³-hybridized carbons (Fsp3) is 1.00. The van der Waals surface area contributed by atoms with Gasteiger partial charge in [-0.2, -0.15) is 0 Å². The van der Waals surface area contributed by atoms with E-state index in [1.807, 2.05) is 26.7 Å². The maximum atomic E-state index is 4.55. The van der Waals surface area contributed by atoms with Gasteiger partial charge in [0, 0.05) is 0 Å². The Morgan fingerprint density at radius 1 is 1.67 bits per heavy atom. The van der Waals surface area contributed by atoms with Gasteiger partial charge in [-0.15, -0.1) is 0 Å². The molecule has 0 N–H and O–H groups in total. The van der Waals surface area contributed by atoms with E-state index in [9.17, 15) is 0 Å². The molecule has 6 heavy (non-hydrogen) atoms. The topological polar surface area (TPSA) is 25.1 Å². The summed E-state index contributed by atoms with van der Waals surface area (Å²) in [5.74, 6) is -0.204. The number of hydrogen-bond acceptors (Lipinski definition) is 2. The van der Waals surface area contributed by atoms with Crippen LogP contribution in [0.25, 0.3) is 0 Å².